The first kappa shape index (κ1) is 8.25. The normalized spacial score (nSPS) is 16.0. The van der Waals surface area contributed by atoms with Gasteiger partial charge in [-0.25, -0.2) is 4.98 Å². The third kappa shape index (κ3) is 2.29. The molecule has 0 aromatic carbocycles. The lowest BCUT2D eigenvalue weighted by Crippen LogP contribution is -2.21. The first-order valence-electron chi connectivity index (χ1n) is 4.33. The van der Waals surface area contributed by atoms with Crippen molar-refractivity contribution in [3.8, 4) is 0 Å². The van der Waals surface area contributed by atoms with Crippen LogP contribution < -0.4 is 16.6 Å². The Morgan fingerprint density at radius 1 is 1.69 bits per heavy atom. The van der Waals surface area contributed by atoms with Gasteiger partial charge < -0.3 is 16.0 Å². The van der Waals surface area contributed by atoms with E-state index in [2.05, 4.69) is 15.3 Å². The van der Waals surface area contributed by atoms with E-state index < -0.39 is 0 Å². The zero-order valence-electron chi connectivity index (χ0n) is 7.21. The second kappa shape index (κ2) is 3.18. The van der Waals surface area contributed by atoms with Gasteiger partial charge >= 0.3 is 0 Å². The van der Waals surface area contributed by atoms with E-state index in [1.165, 1.54) is 18.9 Å². The summed E-state index contributed by atoms with van der Waals surface area (Å²) in [7, 11) is 0. The SMILES string of the molecule is Nc1cc(=O)[nH]c(CNC2CC2)n1. The van der Waals surface area contributed by atoms with Gasteiger partial charge in [-0.3, -0.25) is 4.79 Å². The van der Waals surface area contributed by atoms with Crippen molar-refractivity contribution < 1.29 is 0 Å². The molecule has 0 radical (unpaired) electrons. The minimum Gasteiger partial charge on any atom is -0.383 e. The van der Waals surface area contributed by atoms with Crippen LogP contribution in [0, 0.1) is 0 Å². The fourth-order valence-electron chi connectivity index (χ4n) is 1.14. The van der Waals surface area contributed by atoms with Crippen molar-refractivity contribution in [1.82, 2.24) is 15.3 Å². The molecule has 1 fully saturated rings. The van der Waals surface area contributed by atoms with Gasteiger partial charge in [-0.1, -0.05) is 0 Å². The number of anilines is 1. The summed E-state index contributed by atoms with van der Waals surface area (Å²) in [4.78, 5) is 17.6. The van der Waals surface area contributed by atoms with Crippen LogP contribution in [-0.2, 0) is 6.54 Å². The Labute approximate surface area is 75.4 Å². The number of hydrogen-bond donors (Lipinski definition) is 3. The zero-order valence-corrected chi connectivity index (χ0v) is 7.21. The molecule has 2 rings (SSSR count). The standard InChI is InChI=1S/C8H12N4O/c9-6-3-8(13)12-7(11-6)4-10-5-1-2-5/h3,5,10H,1-2,4H2,(H3,9,11,12,13). The molecule has 5 heteroatoms. The molecule has 0 unspecified atom stereocenters. The summed E-state index contributed by atoms with van der Waals surface area (Å²) in [6, 6.07) is 1.88. The molecular formula is C8H12N4O. The predicted molar refractivity (Wildman–Crippen MR) is 49.1 cm³/mol. The molecule has 1 saturated carbocycles. The number of H-pyrrole nitrogens is 1. The van der Waals surface area contributed by atoms with Crippen LogP contribution in [0.1, 0.15) is 18.7 Å². The highest BCUT2D eigenvalue weighted by molar-refractivity contribution is 5.25. The third-order valence-corrected chi connectivity index (χ3v) is 1.95. The summed E-state index contributed by atoms with van der Waals surface area (Å²) < 4.78 is 0. The topological polar surface area (TPSA) is 83.8 Å². The van der Waals surface area contributed by atoms with E-state index in [4.69, 9.17) is 5.73 Å². The van der Waals surface area contributed by atoms with Gasteiger partial charge in [0.2, 0.25) is 0 Å². The van der Waals surface area contributed by atoms with Gasteiger partial charge in [-0.15, -0.1) is 0 Å². The van der Waals surface area contributed by atoms with Gasteiger partial charge in [0.15, 0.2) is 0 Å². The summed E-state index contributed by atoms with van der Waals surface area (Å²) in [6.07, 6.45) is 2.43. The summed E-state index contributed by atoms with van der Waals surface area (Å²) >= 11 is 0. The predicted octanol–water partition coefficient (Wildman–Crippen LogP) is -0.396. The Morgan fingerprint density at radius 2 is 2.46 bits per heavy atom. The van der Waals surface area contributed by atoms with Gasteiger partial charge in [0, 0.05) is 12.1 Å². The van der Waals surface area contributed by atoms with Crippen LogP contribution in [0.25, 0.3) is 0 Å². The Balaban J connectivity index is 2.05. The molecule has 1 aliphatic carbocycles. The van der Waals surface area contributed by atoms with Gasteiger partial charge in [-0.05, 0) is 12.8 Å². The highest BCUT2D eigenvalue weighted by atomic mass is 16.1. The monoisotopic (exact) mass is 180 g/mol. The number of nitrogens with one attached hydrogen (secondary N) is 2. The minimum atomic E-state index is -0.194. The average Bonchev–Trinajstić information content (AvgIpc) is 2.81. The summed E-state index contributed by atoms with van der Waals surface area (Å²) in [6.45, 7) is 0.588. The molecule has 1 aromatic heterocycles. The fourth-order valence-corrected chi connectivity index (χ4v) is 1.14. The molecule has 0 spiro atoms. The number of aromatic nitrogens is 2. The third-order valence-electron chi connectivity index (χ3n) is 1.95. The molecule has 1 aromatic rings. The lowest BCUT2D eigenvalue weighted by Gasteiger charge is -2.01. The molecule has 4 N–H and O–H groups in total. The first-order valence-corrected chi connectivity index (χ1v) is 4.33. The Kier molecular flexibility index (Phi) is 2.02. The highest BCUT2D eigenvalue weighted by Gasteiger charge is 2.20. The molecule has 70 valence electrons. The van der Waals surface area contributed by atoms with E-state index in [0.29, 0.717) is 18.4 Å². The maximum atomic E-state index is 11.0. The molecule has 1 heterocycles. The van der Waals surface area contributed by atoms with E-state index in [-0.39, 0.29) is 11.4 Å². The molecule has 0 saturated heterocycles. The molecule has 0 amide bonds. The van der Waals surface area contributed by atoms with Crippen molar-refractivity contribution >= 4 is 5.82 Å². The summed E-state index contributed by atoms with van der Waals surface area (Å²) in [5.41, 5.74) is 5.23. The van der Waals surface area contributed by atoms with Gasteiger partial charge in [0.25, 0.3) is 5.56 Å². The molecular weight excluding hydrogens is 168 g/mol. The fraction of sp³-hybridized carbons (Fsp3) is 0.500. The molecule has 0 atom stereocenters. The van der Waals surface area contributed by atoms with Crippen molar-refractivity contribution in [2.45, 2.75) is 25.4 Å². The summed E-state index contributed by atoms with van der Waals surface area (Å²) in [5, 5.41) is 3.24. The smallest absolute Gasteiger partial charge is 0.253 e. The van der Waals surface area contributed by atoms with Crippen LogP contribution >= 0.6 is 0 Å². The van der Waals surface area contributed by atoms with Gasteiger partial charge in [0.05, 0.1) is 6.54 Å². The Morgan fingerprint density at radius 3 is 3.08 bits per heavy atom. The van der Waals surface area contributed by atoms with Crippen molar-refractivity contribution in [1.29, 1.82) is 0 Å². The maximum absolute atomic E-state index is 11.0. The van der Waals surface area contributed by atoms with Crippen LogP contribution in [0.4, 0.5) is 5.82 Å². The van der Waals surface area contributed by atoms with Crippen LogP contribution in [0.15, 0.2) is 10.9 Å². The number of hydrogen-bond acceptors (Lipinski definition) is 4. The van der Waals surface area contributed by atoms with Crippen molar-refractivity contribution in [3.05, 3.63) is 22.2 Å². The van der Waals surface area contributed by atoms with Crippen LogP contribution in [0.2, 0.25) is 0 Å². The molecule has 5 nitrogen and oxygen atoms in total. The minimum absolute atomic E-state index is 0.194. The van der Waals surface area contributed by atoms with Crippen molar-refractivity contribution in [2.24, 2.45) is 0 Å². The average molecular weight is 180 g/mol. The maximum Gasteiger partial charge on any atom is 0.253 e. The summed E-state index contributed by atoms with van der Waals surface area (Å²) in [5.74, 6) is 0.883. The number of nitrogens with zero attached hydrogens (tertiary/aromatic N) is 1. The van der Waals surface area contributed by atoms with Gasteiger partial charge in [0.1, 0.15) is 11.6 Å². The zero-order chi connectivity index (χ0) is 9.26. The van der Waals surface area contributed by atoms with E-state index in [1.807, 2.05) is 0 Å². The second-order valence-electron chi connectivity index (χ2n) is 3.27. The number of nitrogens with two attached hydrogens (primary N) is 1. The lowest BCUT2D eigenvalue weighted by atomic mass is 10.5. The Hall–Kier alpha value is -1.36. The van der Waals surface area contributed by atoms with Crippen LogP contribution in [-0.4, -0.2) is 16.0 Å². The number of aromatic amines is 1. The first-order chi connectivity index (χ1) is 6.24. The molecule has 1 aliphatic rings. The van der Waals surface area contributed by atoms with E-state index in [0.717, 1.165) is 0 Å². The number of rotatable bonds is 3. The van der Waals surface area contributed by atoms with Crippen molar-refractivity contribution in [2.75, 3.05) is 5.73 Å². The van der Waals surface area contributed by atoms with Crippen LogP contribution in [0.3, 0.4) is 0 Å². The van der Waals surface area contributed by atoms with E-state index >= 15 is 0 Å². The van der Waals surface area contributed by atoms with Crippen LogP contribution in [0.5, 0.6) is 0 Å². The second-order valence-corrected chi connectivity index (χ2v) is 3.27. The largest absolute Gasteiger partial charge is 0.383 e. The highest BCUT2D eigenvalue weighted by Crippen LogP contribution is 2.18. The van der Waals surface area contributed by atoms with Gasteiger partial charge in [-0.2, -0.15) is 0 Å². The lowest BCUT2D eigenvalue weighted by molar-refractivity contribution is 0.656. The quantitative estimate of drug-likeness (QED) is 0.591. The Bertz CT molecular complexity index is 355. The molecule has 0 aliphatic heterocycles. The number of nitrogen functional groups attached to an aromatic ring is 1. The van der Waals surface area contributed by atoms with E-state index in [9.17, 15) is 4.79 Å². The van der Waals surface area contributed by atoms with Crippen molar-refractivity contribution in [3.63, 3.8) is 0 Å². The van der Waals surface area contributed by atoms with E-state index in [1.54, 1.807) is 0 Å². The molecule has 13 heavy (non-hydrogen) atoms. The molecule has 0 bridgehead atoms.